The van der Waals surface area contributed by atoms with E-state index >= 15 is 0 Å². The van der Waals surface area contributed by atoms with Gasteiger partial charge in [0.1, 0.15) is 0 Å². The molecule has 0 aliphatic rings. The normalized spacial score (nSPS) is 12.7. The van der Waals surface area contributed by atoms with Crippen molar-refractivity contribution in [3.63, 3.8) is 0 Å². The predicted molar refractivity (Wildman–Crippen MR) is 95.9 cm³/mol. The first kappa shape index (κ1) is 18.8. The summed E-state index contributed by atoms with van der Waals surface area (Å²) >= 11 is 0. The van der Waals surface area contributed by atoms with Gasteiger partial charge in [0.25, 0.3) is 0 Å². The predicted octanol–water partition coefficient (Wildman–Crippen LogP) is 3.78. The number of Topliss-reactive ketones (excluding diaryl/α,β-unsaturated/α-hetero) is 1. The Balaban J connectivity index is 1.64. The third-order valence-electron chi connectivity index (χ3n) is 4.28. The Labute approximate surface area is 154 Å². The van der Waals surface area contributed by atoms with Gasteiger partial charge < -0.3 is 10.7 Å². The molecule has 140 valence electrons. The Kier molecular flexibility index (Phi) is 5.41. The standard InChI is InChI=1S/C20H18F3N3O/c21-20(22,23)16-7-5-15(6-8-16)14-3-1-13(2-4-14)9-19(27)18(24)10-17-11-25-12-26-17/h1-8,11-12,18H,9-10,24H2,(H,25,26)/t18-/m0/s1. The van der Waals surface area contributed by atoms with Gasteiger partial charge in [-0.3, -0.25) is 4.79 Å². The Bertz CT molecular complexity index is 886. The Morgan fingerprint density at radius 2 is 1.63 bits per heavy atom. The second kappa shape index (κ2) is 7.75. The zero-order valence-electron chi connectivity index (χ0n) is 14.3. The van der Waals surface area contributed by atoms with E-state index < -0.39 is 17.8 Å². The molecule has 0 bridgehead atoms. The SMILES string of the molecule is N[C@@H](Cc1c[nH]cn1)C(=O)Cc1ccc(-c2ccc(C(F)(F)F)cc2)cc1. The van der Waals surface area contributed by atoms with Crippen LogP contribution in [0, 0.1) is 0 Å². The number of hydrogen-bond acceptors (Lipinski definition) is 3. The van der Waals surface area contributed by atoms with Crippen LogP contribution in [0.5, 0.6) is 0 Å². The van der Waals surface area contributed by atoms with Gasteiger partial charge in [-0.2, -0.15) is 13.2 Å². The van der Waals surface area contributed by atoms with Crippen LogP contribution < -0.4 is 5.73 Å². The maximum atomic E-state index is 12.6. The number of halogens is 3. The van der Waals surface area contributed by atoms with Gasteiger partial charge in [-0.15, -0.1) is 0 Å². The summed E-state index contributed by atoms with van der Waals surface area (Å²) in [4.78, 5) is 19.1. The van der Waals surface area contributed by atoms with E-state index in [0.717, 1.165) is 29.0 Å². The fourth-order valence-electron chi connectivity index (χ4n) is 2.74. The van der Waals surface area contributed by atoms with Crippen molar-refractivity contribution in [1.29, 1.82) is 0 Å². The highest BCUT2D eigenvalue weighted by atomic mass is 19.4. The Hall–Kier alpha value is -2.93. The average Bonchev–Trinajstić information content (AvgIpc) is 3.15. The number of rotatable bonds is 6. The molecular weight excluding hydrogens is 355 g/mol. The molecule has 0 aliphatic heterocycles. The summed E-state index contributed by atoms with van der Waals surface area (Å²) in [6.45, 7) is 0. The number of H-pyrrole nitrogens is 1. The molecule has 1 aromatic heterocycles. The van der Waals surface area contributed by atoms with Crippen molar-refractivity contribution in [3.05, 3.63) is 77.9 Å². The van der Waals surface area contributed by atoms with Crippen LogP contribution in [-0.2, 0) is 23.8 Å². The average molecular weight is 373 g/mol. The van der Waals surface area contributed by atoms with Gasteiger partial charge in [-0.1, -0.05) is 36.4 Å². The Morgan fingerprint density at radius 3 is 2.15 bits per heavy atom. The number of aromatic nitrogens is 2. The van der Waals surface area contributed by atoms with E-state index in [1.54, 1.807) is 30.5 Å². The van der Waals surface area contributed by atoms with E-state index in [-0.39, 0.29) is 12.2 Å². The number of hydrogen-bond donors (Lipinski definition) is 2. The molecule has 4 nitrogen and oxygen atoms in total. The van der Waals surface area contributed by atoms with Crippen molar-refractivity contribution < 1.29 is 18.0 Å². The van der Waals surface area contributed by atoms with Gasteiger partial charge in [-0.05, 0) is 28.8 Å². The van der Waals surface area contributed by atoms with Crippen molar-refractivity contribution in [3.8, 4) is 11.1 Å². The van der Waals surface area contributed by atoms with Crippen LogP contribution >= 0.6 is 0 Å². The van der Waals surface area contributed by atoms with Gasteiger partial charge >= 0.3 is 6.18 Å². The summed E-state index contributed by atoms with van der Waals surface area (Å²) in [5.41, 5.74) is 8.23. The zero-order valence-corrected chi connectivity index (χ0v) is 14.3. The lowest BCUT2D eigenvalue weighted by atomic mass is 9.98. The second-order valence-electron chi connectivity index (χ2n) is 6.29. The molecule has 0 saturated heterocycles. The van der Waals surface area contributed by atoms with Crippen molar-refractivity contribution in [2.24, 2.45) is 5.73 Å². The van der Waals surface area contributed by atoms with E-state index in [9.17, 15) is 18.0 Å². The third-order valence-corrected chi connectivity index (χ3v) is 4.28. The maximum Gasteiger partial charge on any atom is 0.416 e. The summed E-state index contributed by atoms with van der Waals surface area (Å²) in [5.74, 6) is -0.0970. The molecule has 0 aliphatic carbocycles. The molecule has 1 atom stereocenters. The van der Waals surface area contributed by atoms with Gasteiger partial charge in [0.2, 0.25) is 0 Å². The Morgan fingerprint density at radius 1 is 1.04 bits per heavy atom. The van der Waals surface area contributed by atoms with Crippen LogP contribution in [-0.4, -0.2) is 21.8 Å². The molecule has 3 N–H and O–H groups in total. The highest BCUT2D eigenvalue weighted by molar-refractivity contribution is 5.86. The largest absolute Gasteiger partial charge is 0.416 e. The molecule has 27 heavy (non-hydrogen) atoms. The number of nitrogens with zero attached hydrogens (tertiary/aromatic N) is 1. The van der Waals surface area contributed by atoms with Crippen LogP contribution in [0.1, 0.15) is 16.8 Å². The second-order valence-corrected chi connectivity index (χ2v) is 6.29. The minimum absolute atomic E-state index is 0.0970. The number of carbonyl (C=O) groups is 1. The number of imidazole rings is 1. The molecule has 3 aromatic rings. The zero-order chi connectivity index (χ0) is 19.4. The molecule has 0 unspecified atom stereocenters. The van der Waals surface area contributed by atoms with Crippen LogP contribution in [0.3, 0.4) is 0 Å². The summed E-state index contributed by atoms with van der Waals surface area (Å²) < 4.78 is 37.9. The molecule has 2 aromatic carbocycles. The first-order chi connectivity index (χ1) is 12.8. The summed E-state index contributed by atoms with van der Waals surface area (Å²) in [5, 5.41) is 0. The third kappa shape index (κ3) is 4.83. The van der Waals surface area contributed by atoms with Gasteiger partial charge in [0, 0.05) is 19.0 Å². The minimum Gasteiger partial charge on any atom is -0.351 e. The molecule has 3 rings (SSSR count). The minimum atomic E-state index is -4.35. The molecule has 0 fully saturated rings. The highest BCUT2D eigenvalue weighted by Gasteiger charge is 2.29. The molecule has 0 saturated carbocycles. The number of alkyl halides is 3. The first-order valence-electron chi connectivity index (χ1n) is 8.35. The highest BCUT2D eigenvalue weighted by Crippen LogP contribution is 2.31. The molecule has 7 heteroatoms. The smallest absolute Gasteiger partial charge is 0.351 e. The quantitative estimate of drug-likeness (QED) is 0.691. The fourth-order valence-corrected chi connectivity index (χ4v) is 2.74. The maximum absolute atomic E-state index is 12.6. The molecule has 0 amide bonds. The van der Waals surface area contributed by atoms with Gasteiger partial charge in [0.15, 0.2) is 5.78 Å². The van der Waals surface area contributed by atoms with E-state index in [4.69, 9.17) is 5.73 Å². The van der Waals surface area contributed by atoms with E-state index in [1.807, 2.05) is 0 Å². The van der Waals surface area contributed by atoms with Crippen LogP contribution in [0.4, 0.5) is 13.2 Å². The number of nitrogens with two attached hydrogens (primary N) is 1. The van der Waals surface area contributed by atoms with Crippen molar-refractivity contribution in [2.75, 3.05) is 0 Å². The molecular formula is C20H18F3N3O. The number of nitrogens with one attached hydrogen (secondary N) is 1. The van der Waals surface area contributed by atoms with Crippen LogP contribution in [0.2, 0.25) is 0 Å². The lowest BCUT2D eigenvalue weighted by Crippen LogP contribution is -2.34. The van der Waals surface area contributed by atoms with Crippen molar-refractivity contribution in [1.82, 2.24) is 9.97 Å². The van der Waals surface area contributed by atoms with Gasteiger partial charge in [-0.25, -0.2) is 4.98 Å². The number of ketones is 1. The van der Waals surface area contributed by atoms with Crippen LogP contribution in [0.25, 0.3) is 11.1 Å². The summed E-state index contributed by atoms with van der Waals surface area (Å²) in [7, 11) is 0. The molecule has 0 spiro atoms. The van der Waals surface area contributed by atoms with Crippen LogP contribution in [0.15, 0.2) is 61.1 Å². The van der Waals surface area contributed by atoms with E-state index in [0.29, 0.717) is 12.0 Å². The fraction of sp³-hybridized carbons (Fsp3) is 0.200. The lowest BCUT2D eigenvalue weighted by Gasteiger charge is -2.10. The van der Waals surface area contributed by atoms with Crippen molar-refractivity contribution in [2.45, 2.75) is 25.1 Å². The molecule has 0 radical (unpaired) electrons. The van der Waals surface area contributed by atoms with Gasteiger partial charge in [0.05, 0.1) is 23.6 Å². The lowest BCUT2D eigenvalue weighted by molar-refractivity contribution is -0.137. The number of carbonyl (C=O) groups excluding carboxylic acids is 1. The van der Waals surface area contributed by atoms with E-state index in [1.165, 1.54) is 18.5 Å². The van der Waals surface area contributed by atoms with E-state index in [2.05, 4.69) is 9.97 Å². The number of benzene rings is 2. The van der Waals surface area contributed by atoms with Crippen molar-refractivity contribution >= 4 is 5.78 Å². The summed E-state index contributed by atoms with van der Waals surface area (Å²) in [6.07, 6.45) is -0.555. The molecule has 1 heterocycles. The summed E-state index contributed by atoms with van der Waals surface area (Å²) in [6, 6.07) is 11.5. The first-order valence-corrected chi connectivity index (χ1v) is 8.35. The topological polar surface area (TPSA) is 71.8 Å². The number of aromatic amines is 1. The monoisotopic (exact) mass is 373 g/mol.